The summed E-state index contributed by atoms with van der Waals surface area (Å²) in [5, 5.41) is 6.82. The van der Waals surface area contributed by atoms with Crippen molar-refractivity contribution < 1.29 is 43.4 Å². The molecule has 10 heteroatoms. The summed E-state index contributed by atoms with van der Waals surface area (Å²) in [7, 11) is 0. The number of halogens is 2. The Kier molecular flexibility index (Phi) is 13.5. The number of nitrogens with zero attached hydrogens (tertiary/aromatic N) is 4. The molecule has 3 aliphatic rings. The predicted octanol–water partition coefficient (Wildman–Crippen LogP) is -4.31. The molecule has 0 aliphatic carbocycles. The Labute approximate surface area is 264 Å². The van der Waals surface area contributed by atoms with Crippen molar-refractivity contribution >= 4 is 11.8 Å². The van der Waals surface area contributed by atoms with Crippen LogP contribution in [0.3, 0.4) is 0 Å². The third-order valence-corrected chi connectivity index (χ3v) is 9.55. The summed E-state index contributed by atoms with van der Waals surface area (Å²) >= 11 is 0. The normalized spacial score (nSPS) is 19.1. The number of hydrogen-bond donors (Lipinski definition) is 2. The summed E-state index contributed by atoms with van der Waals surface area (Å²) in [4.78, 5) is 29.8. The molecule has 0 saturated carbocycles. The standard InChI is InChI=1S/C32H48N6O2.2ClH/c39-31(11-13-33-27-29-7-3-1-4-8-29)35-15-19-37(20-16-35)23-25-38(26-24-37)21-17-36(18-22-38)32(40)12-14-34-28-30-9-5-2-6-10-30;;/h1-10,33-34H,11-28H2;2*1H/q+2;;/p-2. The minimum absolute atomic E-state index is 0. The molecule has 232 valence electrons. The van der Waals surface area contributed by atoms with Crippen molar-refractivity contribution in [1.29, 1.82) is 0 Å². The molecule has 42 heavy (non-hydrogen) atoms. The molecule has 0 bridgehead atoms. The van der Waals surface area contributed by atoms with Crippen LogP contribution < -0.4 is 35.4 Å². The van der Waals surface area contributed by atoms with Crippen LogP contribution in [0.4, 0.5) is 0 Å². The zero-order valence-corrected chi connectivity index (χ0v) is 26.4. The number of rotatable bonds is 10. The third kappa shape index (κ3) is 9.40. The monoisotopic (exact) mass is 618 g/mol. The highest BCUT2D eigenvalue weighted by Crippen LogP contribution is 2.24. The van der Waals surface area contributed by atoms with Crippen LogP contribution in [-0.4, -0.2) is 122 Å². The van der Waals surface area contributed by atoms with Crippen LogP contribution in [0, 0.1) is 0 Å². The van der Waals surface area contributed by atoms with Gasteiger partial charge in [-0.3, -0.25) is 9.59 Å². The maximum absolute atomic E-state index is 12.8. The number of nitrogens with one attached hydrogen (secondary N) is 2. The smallest absolute Gasteiger partial charge is 0.224 e. The molecule has 3 heterocycles. The Morgan fingerprint density at radius 2 is 0.881 bits per heavy atom. The number of carbonyl (C=O) groups is 2. The third-order valence-electron chi connectivity index (χ3n) is 9.55. The van der Waals surface area contributed by atoms with Gasteiger partial charge in [0.05, 0.1) is 52.4 Å². The van der Waals surface area contributed by atoms with Gasteiger partial charge in [-0.1, -0.05) is 60.7 Å². The Morgan fingerprint density at radius 3 is 1.21 bits per heavy atom. The van der Waals surface area contributed by atoms with Gasteiger partial charge in [0.1, 0.15) is 26.2 Å². The van der Waals surface area contributed by atoms with E-state index in [-0.39, 0.29) is 36.6 Å². The second-order valence-corrected chi connectivity index (χ2v) is 12.1. The number of quaternary nitrogens is 2. The molecule has 5 rings (SSSR count). The van der Waals surface area contributed by atoms with E-state index >= 15 is 0 Å². The second kappa shape index (κ2) is 16.6. The van der Waals surface area contributed by atoms with Crippen molar-refractivity contribution in [1.82, 2.24) is 20.4 Å². The fraction of sp³-hybridized carbons (Fsp3) is 0.562. The lowest BCUT2D eigenvalue weighted by Crippen LogP contribution is -3.00. The number of amides is 2. The summed E-state index contributed by atoms with van der Waals surface area (Å²) < 4.78 is 2.34. The van der Waals surface area contributed by atoms with Crippen molar-refractivity contribution in [3.8, 4) is 0 Å². The SMILES string of the molecule is O=C(CCNCc1ccccc1)N1CC[N+]2(CC1)CC[N+]1(CCN(C(=O)CCNCc3ccccc3)CC1)CC2.[Cl-].[Cl-]. The first-order valence-electron chi connectivity index (χ1n) is 15.3. The molecule has 0 atom stereocenters. The van der Waals surface area contributed by atoms with Gasteiger partial charge >= 0.3 is 0 Å². The van der Waals surface area contributed by atoms with Gasteiger partial charge in [-0.2, -0.15) is 0 Å². The molecular weight excluding hydrogens is 571 g/mol. The summed E-state index contributed by atoms with van der Waals surface area (Å²) in [5.74, 6) is 0.574. The zero-order valence-electron chi connectivity index (χ0n) is 24.9. The molecular formula is C32H48Cl2N6O2. The quantitative estimate of drug-likeness (QED) is 0.209. The largest absolute Gasteiger partial charge is 1.00 e. The van der Waals surface area contributed by atoms with E-state index < -0.39 is 0 Å². The minimum Gasteiger partial charge on any atom is -1.00 e. The lowest BCUT2D eigenvalue weighted by atomic mass is 10.1. The average molecular weight is 620 g/mol. The molecule has 3 fully saturated rings. The maximum Gasteiger partial charge on any atom is 0.224 e. The van der Waals surface area contributed by atoms with Crippen molar-refractivity contribution in [3.63, 3.8) is 0 Å². The van der Waals surface area contributed by atoms with Gasteiger partial charge in [-0.15, -0.1) is 0 Å². The Hall–Kier alpha value is -2.20. The molecule has 0 aromatic heterocycles. The maximum atomic E-state index is 12.8. The van der Waals surface area contributed by atoms with Crippen molar-refractivity contribution in [3.05, 3.63) is 71.8 Å². The highest BCUT2D eigenvalue weighted by atomic mass is 35.5. The van der Waals surface area contributed by atoms with Crippen LogP contribution in [0.5, 0.6) is 0 Å². The predicted molar refractivity (Wildman–Crippen MR) is 158 cm³/mol. The first kappa shape index (κ1) is 34.3. The second-order valence-electron chi connectivity index (χ2n) is 12.1. The van der Waals surface area contributed by atoms with Crippen LogP contribution in [0.25, 0.3) is 0 Å². The van der Waals surface area contributed by atoms with Gasteiger partial charge in [0.2, 0.25) is 11.8 Å². The minimum atomic E-state index is 0. The fourth-order valence-electron chi connectivity index (χ4n) is 6.61. The summed E-state index contributed by atoms with van der Waals surface area (Å²) in [5.41, 5.74) is 2.51. The van der Waals surface area contributed by atoms with E-state index in [0.717, 1.165) is 78.5 Å². The van der Waals surface area contributed by atoms with Gasteiger partial charge in [-0.05, 0) is 11.1 Å². The lowest BCUT2D eigenvalue weighted by molar-refractivity contribution is -1.03. The fourth-order valence-corrected chi connectivity index (χ4v) is 6.61. The number of hydrogen-bond acceptors (Lipinski definition) is 4. The average Bonchev–Trinajstić information content (AvgIpc) is 3.01. The van der Waals surface area contributed by atoms with E-state index in [1.54, 1.807) is 0 Å². The lowest BCUT2D eigenvalue weighted by Gasteiger charge is -2.54. The van der Waals surface area contributed by atoms with E-state index in [1.807, 2.05) is 36.4 Å². The molecule has 2 aromatic carbocycles. The topological polar surface area (TPSA) is 64.7 Å². The summed E-state index contributed by atoms with van der Waals surface area (Å²) in [6.07, 6.45) is 1.15. The van der Waals surface area contributed by atoms with Crippen LogP contribution in [-0.2, 0) is 22.7 Å². The summed E-state index contributed by atoms with van der Waals surface area (Å²) in [6.45, 7) is 15.8. The Balaban J connectivity index is 0.00000242. The van der Waals surface area contributed by atoms with Crippen molar-refractivity contribution in [2.75, 3.05) is 91.6 Å². The molecule has 8 nitrogen and oxygen atoms in total. The van der Waals surface area contributed by atoms with Crippen LogP contribution in [0.1, 0.15) is 24.0 Å². The van der Waals surface area contributed by atoms with Crippen molar-refractivity contribution in [2.45, 2.75) is 25.9 Å². The molecule has 2 spiro atoms. The Morgan fingerprint density at radius 1 is 0.548 bits per heavy atom. The van der Waals surface area contributed by atoms with Gasteiger partial charge in [0.15, 0.2) is 0 Å². The molecule has 0 radical (unpaired) electrons. The van der Waals surface area contributed by atoms with E-state index in [2.05, 4.69) is 44.7 Å². The van der Waals surface area contributed by atoms with Crippen molar-refractivity contribution in [2.24, 2.45) is 0 Å². The highest BCUT2D eigenvalue weighted by Gasteiger charge is 2.45. The molecule has 2 amide bonds. The number of carbonyl (C=O) groups excluding carboxylic acids is 2. The zero-order chi connectivity index (χ0) is 27.7. The van der Waals surface area contributed by atoms with Gasteiger partial charge in [-0.25, -0.2) is 0 Å². The molecule has 2 N–H and O–H groups in total. The first-order valence-corrected chi connectivity index (χ1v) is 15.3. The first-order chi connectivity index (χ1) is 19.5. The highest BCUT2D eigenvalue weighted by molar-refractivity contribution is 5.76. The van der Waals surface area contributed by atoms with Gasteiger partial charge < -0.3 is 54.2 Å². The van der Waals surface area contributed by atoms with Crippen LogP contribution in [0.2, 0.25) is 0 Å². The van der Waals surface area contributed by atoms with Gasteiger partial charge in [0, 0.05) is 39.0 Å². The number of benzene rings is 2. The van der Waals surface area contributed by atoms with Gasteiger partial charge in [0.25, 0.3) is 0 Å². The molecule has 3 aliphatic heterocycles. The van der Waals surface area contributed by atoms with E-state index in [4.69, 9.17) is 0 Å². The van der Waals surface area contributed by atoms with E-state index in [1.165, 1.54) is 46.3 Å². The van der Waals surface area contributed by atoms with Crippen LogP contribution in [0.15, 0.2) is 60.7 Å². The molecule has 2 aromatic rings. The number of piperazine rings is 3. The molecule has 3 saturated heterocycles. The molecule has 0 unspecified atom stereocenters. The summed E-state index contributed by atoms with van der Waals surface area (Å²) in [6, 6.07) is 20.7. The van der Waals surface area contributed by atoms with E-state index in [0.29, 0.717) is 12.8 Å². The van der Waals surface area contributed by atoms with E-state index in [9.17, 15) is 9.59 Å². The Bertz CT molecular complexity index is 991. The van der Waals surface area contributed by atoms with Crippen LogP contribution >= 0.6 is 0 Å².